The Labute approximate surface area is 175 Å². The van der Waals surface area contributed by atoms with Crippen LogP contribution in [0.3, 0.4) is 0 Å². The molecule has 1 N–H and O–H groups in total. The van der Waals surface area contributed by atoms with Crippen molar-refractivity contribution < 1.29 is 9.47 Å². The zero-order valence-electron chi connectivity index (χ0n) is 16.5. The Morgan fingerprint density at radius 2 is 1.79 bits per heavy atom. The Kier molecular flexibility index (Phi) is 5.83. The molecule has 150 valence electrons. The first kappa shape index (κ1) is 19.5. The molecule has 7 heteroatoms. The van der Waals surface area contributed by atoms with Gasteiger partial charge in [-0.2, -0.15) is 0 Å². The highest BCUT2D eigenvalue weighted by molar-refractivity contribution is 6.30. The number of hydrogen-bond acceptors (Lipinski definition) is 6. The number of nitrogens with zero attached hydrogens (tertiary/aromatic N) is 3. The Morgan fingerprint density at radius 3 is 2.48 bits per heavy atom. The second-order valence-corrected chi connectivity index (χ2v) is 7.42. The van der Waals surface area contributed by atoms with E-state index in [1.54, 1.807) is 14.2 Å². The summed E-state index contributed by atoms with van der Waals surface area (Å²) in [6.07, 6.45) is 2.80. The van der Waals surface area contributed by atoms with Crippen LogP contribution in [-0.4, -0.2) is 35.6 Å². The van der Waals surface area contributed by atoms with E-state index in [1.807, 2.05) is 36.5 Å². The molecule has 0 amide bonds. The molecule has 0 saturated carbocycles. The topological polar surface area (TPSA) is 59.5 Å². The highest BCUT2D eigenvalue weighted by Crippen LogP contribution is 2.28. The number of hydrogen-bond donors (Lipinski definition) is 1. The highest BCUT2D eigenvalue weighted by atomic mass is 35.5. The monoisotopic (exact) mass is 410 g/mol. The number of nitrogens with one attached hydrogen (secondary N) is 1. The third-order valence-corrected chi connectivity index (χ3v) is 5.19. The van der Waals surface area contributed by atoms with Gasteiger partial charge in [0.05, 0.1) is 19.9 Å². The van der Waals surface area contributed by atoms with Gasteiger partial charge in [-0.1, -0.05) is 23.7 Å². The van der Waals surface area contributed by atoms with Crippen molar-refractivity contribution in [1.29, 1.82) is 0 Å². The van der Waals surface area contributed by atoms with E-state index in [0.717, 1.165) is 42.5 Å². The van der Waals surface area contributed by atoms with Crippen molar-refractivity contribution in [3.05, 3.63) is 70.5 Å². The molecule has 6 nitrogen and oxygen atoms in total. The summed E-state index contributed by atoms with van der Waals surface area (Å²) in [4.78, 5) is 11.6. The van der Waals surface area contributed by atoms with E-state index in [-0.39, 0.29) is 0 Å². The van der Waals surface area contributed by atoms with Crippen LogP contribution in [-0.2, 0) is 19.5 Å². The molecular weight excluding hydrogens is 388 g/mol. The lowest BCUT2D eigenvalue weighted by atomic mass is 10.1. The van der Waals surface area contributed by atoms with E-state index in [2.05, 4.69) is 27.3 Å². The summed E-state index contributed by atoms with van der Waals surface area (Å²) in [7, 11) is 3.26. The fourth-order valence-electron chi connectivity index (χ4n) is 3.43. The molecule has 2 heterocycles. The lowest BCUT2D eigenvalue weighted by Gasteiger charge is -2.28. The van der Waals surface area contributed by atoms with E-state index in [9.17, 15) is 0 Å². The molecule has 0 radical (unpaired) electrons. The molecule has 0 spiro atoms. The zero-order chi connectivity index (χ0) is 20.2. The number of aromatic nitrogens is 2. The molecule has 1 aromatic heterocycles. The minimum absolute atomic E-state index is 0.574. The minimum Gasteiger partial charge on any atom is -0.497 e. The first-order valence-corrected chi connectivity index (χ1v) is 9.82. The molecule has 0 aliphatic carbocycles. The molecular formula is C22H23ClN4O2. The number of fused-ring (bicyclic) bond motifs is 1. The Morgan fingerprint density at radius 1 is 1.07 bits per heavy atom. The number of benzene rings is 2. The lowest BCUT2D eigenvalue weighted by molar-refractivity contribution is 0.243. The Bertz CT molecular complexity index is 972. The molecule has 3 aromatic rings. The summed E-state index contributed by atoms with van der Waals surface area (Å²) in [5, 5.41) is 4.02. The lowest BCUT2D eigenvalue weighted by Crippen LogP contribution is -2.31. The first-order chi connectivity index (χ1) is 14.1. The van der Waals surface area contributed by atoms with Crippen LogP contribution in [0.15, 0.2) is 48.7 Å². The van der Waals surface area contributed by atoms with Crippen molar-refractivity contribution >= 4 is 23.2 Å². The van der Waals surface area contributed by atoms with Crippen LogP contribution in [0.2, 0.25) is 5.02 Å². The van der Waals surface area contributed by atoms with Gasteiger partial charge in [-0.15, -0.1) is 0 Å². The van der Waals surface area contributed by atoms with Crippen LogP contribution in [0, 0.1) is 0 Å². The number of ether oxygens (including phenoxy) is 2. The Hall–Kier alpha value is -2.83. The number of halogens is 1. The molecule has 0 unspecified atom stereocenters. The molecule has 1 aliphatic heterocycles. The van der Waals surface area contributed by atoms with E-state index >= 15 is 0 Å². The van der Waals surface area contributed by atoms with Gasteiger partial charge in [0, 0.05) is 66.7 Å². The zero-order valence-corrected chi connectivity index (χ0v) is 17.2. The van der Waals surface area contributed by atoms with E-state index in [0.29, 0.717) is 17.4 Å². The van der Waals surface area contributed by atoms with E-state index in [4.69, 9.17) is 26.1 Å². The second kappa shape index (κ2) is 8.68. The van der Waals surface area contributed by atoms with Crippen molar-refractivity contribution in [2.75, 3.05) is 26.1 Å². The first-order valence-electron chi connectivity index (χ1n) is 9.44. The van der Waals surface area contributed by atoms with Gasteiger partial charge in [0.25, 0.3) is 0 Å². The molecule has 4 rings (SSSR count). The van der Waals surface area contributed by atoms with Crippen LogP contribution in [0.5, 0.6) is 11.5 Å². The summed E-state index contributed by atoms with van der Waals surface area (Å²) >= 11 is 5.98. The largest absolute Gasteiger partial charge is 0.497 e. The summed E-state index contributed by atoms with van der Waals surface area (Å²) in [6, 6.07) is 13.6. The highest BCUT2D eigenvalue weighted by Gasteiger charge is 2.19. The van der Waals surface area contributed by atoms with Gasteiger partial charge in [-0.3, -0.25) is 4.90 Å². The quantitative estimate of drug-likeness (QED) is 0.647. The molecule has 0 bridgehead atoms. The fourth-order valence-corrected chi connectivity index (χ4v) is 3.55. The van der Waals surface area contributed by atoms with Crippen molar-refractivity contribution in [2.24, 2.45) is 0 Å². The molecule has 29 heavy (non-hydrogen) atoms. The van der Waals surface area contributed by atoms with Crippen LogP contribution < -0.4 is 14.8 Å². The average Bonchev–Trinajstić information content (AvgIpc) is 2.75. The third-order valence-electron chi connectivity index (χ3n) is 4.94. The van der Waals surface area contributed by atoms with E-state index in [1.165, 1.54) is 11.1 Å². The normalized spacial score (nSPS) is 13.6. The Balaban J connectivity index is 1.45. The molecule has 1 aliphatic rings. The number of anilines is 2. The van der Waals surface area contributed by atoms with Gasteiger partial charge >= 0.3 is 0 Å². The number of methoxy groups -OCH3 is 2. The van der Waals surface area contributed by atoms with Crippen molar-refractivity contribution in [3.63, 3.8) is 0 Å². The van der Waals surface area contributed by atoms with Gasteiger partial charge in [-0.05, 0) is 17.7 Å². The fraction of sp³-hybridized carbons (Fsp3) is 0.273. The minimum atomic E-state index is 0.574. The van der Waals surface area contributed by atoms with Crippen molar-refractivity contribution in [3.8, 4) is 11.5 Å². The summed E-state index contributed by atoms with van der Waals surface area (Å²) < 4.78 is 10.6. The van der Waals surface area contributed by atoms with Crippen LogP contribution >= 0.6 is 11.6 Å². The summed E-state index contributed by atoms with van der Waals surface area (Å²) in [6.45, 7) is 2.69. The van der Waals surface area contributed by atoms with Gasteiger partial charge in [0.1, 0.15) is 11.5 Å². The standard InChI is InChI=1S/C22H23ClN4O2/c1-28-19-9-18(10-20(11-19)29-2)25-22-24-12-16-14-27(8-7-21(16)26-22)13-15-3-5-17(23)6-4-15/h3-6,9-12H,7-8,13-14H2,1-2H3,(H,24,25,26). The number of rotatable bonds is 6. The van der Waals surface area contributed by atoms with Crippen molar-refractivity contribution in [2.45, 2.75) is 19.5 Å². The molecule has 0 atom stereocenters. The van der Waals surface area contributed by atoms with Gasteiger partial charge in [-0.25, -0.2) is 9.97 Å². The molecule has 0 fully saturated rings. The summed E-state index contributed by atoms with van der Waals surface area (Å²) in [5.74, 6) is 2.00. The summed E-state index contributed by atoms with van der Waals surface area (Å²) in [5.41, 5.74) is 4.33. The van der Waals surface area contributed by atoms with E-state index < -0.39 is 0 Å². The second-order valence-electron chi connectivity index (χ2n) is 6.98. The van der Waals surface area contributed by atoms with Gasteiger partial charge in [0.15, 0.2) is 0 Å². The molecule has 2 aromatic carbocycles. The maximum atomic E-state index is 5.98. The van der Waals surface area contributed by atoms with Gasteiger partial charge in [0.2, 0.25) is 5.95 Å². The third kappa shape index (κ3) is 4.78. The molecule has 0 saturated heterocycles. The van der Waals surface area contributed by atoms with Crippen molar-refractivity contribution in [1.82, 2.24) is 14.9 Å². The van der Waals surface area contributed by atoms with Crippen LogP contribution in [0.25, 0.3) is 0 Å². The predicted molar refractivity (Wildman–Crippen MR) is 114 cm³/mol. The predicted octanol–water partition coefficient (Wildman–Crippen LogP) is 4.45. The SMILES string of the molecule is COc1cc(Nc2ncc3c(n2)CCN(Cc2ccc(Cl)cc2)C3)cc(OC)c1. The van der Waals surface area contributed by atoms with Gasteiger partial charge < -0.3 is 14.8 Å². The smallest absolute Gasteiger partial charge is 0.227 e. The van der Waals surface area contributed by atoms with Crippen LogP contribution in [0.1, 0.15) is 16.8 Å². The average molecular weight is 411 g/mol. The maximum Gasteiger partial charge on any atom is 0.227 e. The van der Waals surface area contributed by atoms with Crippen LogP contribution in [0.4, 0.5) is 11.6 Å². The maximum absolute atomic E-state index is 5.98.